The molecule has 2 unspecified atom stereocenters. The summed E-state index contributed by atoms with van der Waals surface area (Å²) in [6, 6.07) is 18.9. The topological polar surface area (TPSA) is 239 Å². The average molecular weight is 711 g/mol. The summed E-state index contributed by atoms with van der Waals surface area (Å²) >= 11 is 0. The van der Waals surface area contributed by atoms with Crippen LogP contribution in [0.4, 0.5) is 0 Å². The Kier molecular flexibility index (Phi) is 33.7. The Labute approximate surface area is 280 Å². The van der Waals surface area contributed by atoms with Crippen molar-refractivity contribution in [2.45, 2.75) is 70.1 Å². The van der Waals surface area contributed by atoms with Gasteiger partial charge in [0.1, 0.15) is 50.6 Å². The van der Waals surface area contributed by atoms with E-state index in [9.17, 15) is 39.8 Å². The van der Waals surface area contributed by atoms with Gasteiger partial charge in [-0.05, 0) is 11.1 Å². The van der Waals surface area contributed by atoms with Crippen molar-refractivity contribution in [1.82, 2.24) is 5.48 Å². The minimum Gasteiger partial charge on any atom is -0.400 e. The van der Waals surface area contributed by atoms with Gasteiger partial charge in [-0.1, -0.05) is 82.4 Å². The van der Waals surface area contributed by atoms with Crippen LogP contribution in [0.15, 0.2) is 65.8 Å². The molecule has 9 N–H and O–H groups in total. The molecular formula is C31H56N2O12P2+2. The van der Waals surface area contributed by atoms with Gasteiger partial charge in [-0.25, -0.2) is 0 Å². The Hall–Kier alpha value is -2.29. The summed E-state index contributed by atoms with van der Waals surface area (Å²) in [5, 5.41) is 75.6. The number of hydroxylamine groups is 1. The first-order valence-corrected chi connectivity index (χ1v) is 18.1. The van der Waals surface area contributed by atoms with Crippen LogP contribution >= 0.6 is 15.6 Å². The molecule has 2 aromatic carbocycles. The molecule has 14 nitrogen and oxygen atoms in total. The number of hydrogen-bond donors (Lipinski definition) is 9. The summed E-state index contributed by atoms with van der Waals surface area (Å²) in [6.07, 6.45) is -5.46. The van der Waals surface area contributed by atoms with Gasteiger partial charge in [0.05, 0.1) is 31.1 Å². The SMILES string of the molecule is C.CO.CO.C[P+](=O)CC[C@@H](O)[C@@H](O)[C@@H](O)C=NOCc1ccccc1.C[P+](=O)CC[C@@H](O)[C@@H](O)[C@@H](O)CNOCc1ccccc1. The standard InChI is InChI=1S/C14H23NO5P.C14H21NO5P.2CH4O.CH4/c2*1-21(19)8-7-12(16)14(18)13(17)9-15-20-10-11-5-3-2-4-6-11;2*1-2;/h2-6,12-18H,7-10H2,1H3;2-6,9,12-14,16-18H,7-8,10H2,1H3;2*2H,1H3;1H4/q2*+1;;;/t2*12-,13+,14-;;;/m11.../s1. The van der Waals surface area contributed by atoms with Crippen LogP contribution in [-0.4, -0.2) is 130 Å². The number of aliphatic hydroxyl groups is 8. The number of benzene rings is 2. The highest BCUT2D eigenvalue weighted by atomic mass is 31.1. The van der Waals surface area contributed by atoms with Crippen LogP contribution in [0.3, 0.4) is 0 Å². The maximum absolute atomic E-state index is 10.9. The molecule has 0 fully saturated rings. The molecule has 47 heavy (non-hydrogen) atoms. The van der Waals surface area contributed by atoms with Gasteiger partial charge in [0, 0.05) is 33.6 Å². The van der Waals surface area contributed by atoms with E-state index in [0.29, 0.717) is 18.9 Å². The molecule has 0 saturated heterocycles. The minimum absolute atomic E-state index is 0. The monoisotopic (exact) mass is 710 g/mol. The number of rotatable bonds is 19. The second kappa shape index (κ2) is 32.3. The molecule has 0 radical (unpaired) electrons. The molecule has 0 aromatic heterocycles. The summed E-state index contributed by atoms with van der Waals surface area (Å²) in [6.45, 7) is 3.68. The number of hydrogen-bond acceptors (Lipinski definition) is 14. The fourth-order valence-electron chi connectivity index (χ4n) is 3.31. The molecule has 2 aromatic rings. The Bertz CT molecular complexity index is 1040. The third kappa shape index (κ3) is 26.4. The van der Waals surface area contributed by atoms with Crippen molar-refractivity contribution in [2.75, 3.05) is 46.4 Å². The molecule has 0 aliphatic heterocycles. The van der Waals surface area contributed by atoms with Gasteiger partial charge >= 0.3 is 15.6 Å². The number of aliphatic hydroxyl groups excluding tert-OH is 8. The number of oxime groups is 1. The molecule has 8 atom stereocenters. The van der Waals surface area contributed by atoms with E-state index in [2.05, 4.69) is 10.6 Å². The summed E-state index contributed by atoms with van der Waals surface area (Å²) in [4.78, 5) is 10.2. The Morgan fingerprint density at radius 3 is 1.57 bits per heavy atom. The number of nitrogens with zero attached hydrogens (tertiary/aromatic N) is 1. The van der Waals surface area contributed by atoms with Crippen LogP contribution in [0, 0.1) is 0 Å². The van der Waals surface area contributed by atoms with E-state index in [-0.39, 0.29) is 33.4 Å². The predicted molar refractivity (Wildman–Crippen MR) is 184 cm³/mol. The van der Waals surface area contributed by atoms with Crippen LogP contribution < -0.4 is 5.48 Å². The lowest BCUT2D eigenvalue weighted by Crippen LogP contribution is -2.43. The lowest BCUT2D eigenvalue weighted by atomic mass is 10.1. The molecular weight excluding hydrogens is 654 g/mol. The molecule has 0 aliphatic carbocycles. The van der Waals surface area contributed by atoms with Crippen LogP contribution in [-0.2, 0) is 32.0 Å². The fourth-order valence-corrected chi connectivity index (χ4v) is 4.56. The van der Waals surface area contributed by atoms with Crippen molar-refractivity contribution < 1.29 is 59.7 Å². The summed E-state index contributed by atoms with van der Waals surface area (Å²) in [7, 11) is -0.737. The van der Waals surface area contributed by atoms with Gasteiger partial charge in [-0.3, -0.25) is 4.84 Å². The Morgan fingerprint density at radius 1 is 0.702 bits per heavy atom. The molecule has 16 heteroatoms. The van der Waals surface area contributed by atoms with Crippen LogP contribution in [0.1, 0.15) is 31.4 Å². The van der Waals surface area contributed by atoms with Crippen molar-refractivity contribution in [1.29, 1.82) is 0 Å². The van der Waals surface area contributed by atoms with Crippen molar-refractivity contribution in [3.63, 3.8) is 0 Å². The van der Waals surface area contributed by atoms with Gasteiger partial charge in [0.2, 0.25) is 0 Å². The maximum atomic E-state index is 10.9. The lowest BCUT2D eigenvalue weighted by Gasteiger charge is -2.22. The highest BCUT2D eigenvalue weighted by Crippen LogP contribution is 2.18. The summed E-state index contributed by atoms with van der Waals surface area (Å²) in [5.41, 5.74) is 4.46. The van der Waals surface area contributed by atoms with E-state index < -0.39 is 52.2 Å². The average Bonchev–Trinajstić information content (AvgIpc) is 3.08. The largest absolute Gasteiger partial charge is 0.400 e. The van der Waals surface area contributed by atoms with Crippen molar-refractivity contribution >= 4 is 21.8 Å². The molecule has 0 bridgehead atoms. The van der Waals surface area contributed by atoms with Crippen molar-refractivity contribution in [3.05, 3.63) is 71.8 Å². The first-order valence-electron chi connectivity index (χ1n) is 14.3. The zero-order valence-electron chi connectivity index (χ0n) is 26.8. The molecule has 0 spiro atoms. The molecule has 2 rings (SSSR count). The number of nitrogens with one attached hydrogen (secondary N) is 1. The normalized spacial score (nSPS) is 14.9. The fraction of sp³-hybridized carbons (Fsp3) is 0.581. The van der Waals surface area contributed by atoms with Gasteiger partial charge in [0.15, 0.2) is 0 Å². The Morgan fingerprint density at radius 2 is 1.13 bits per heavy atom. The van der Waals surface area contributed by atoms with E-state index in [4.69, 9.17) is 19.9 Å². The molecule has 0 amide bonds. The molecule has 0 heterocycles. The second-order valence-corrected chi connectivity index (χ2v) is 13.0. The van der Waals surface area contributed by atoms with Gasteiger partial charge in [0.25, 0.3) is 0 Å². The van der Waals surface area contributed by atoms with Gasteiger partial charge in [-0.2, -0.15) is 5.48 Å². The van der Waals surface area contributed by atoms with Crippen LogP contribution in [0.25, 0.3) is 0 Å². The quantitative estimate of drug-likeness (QED) is 0.0437. The van der Waals surface area contributed by atoms with E-state index in [0.717, 1.165) is 31.6 Å². The molecule has 270 valence electrons. The highest BCUT2D eigenvalue weighted by molar-refractivity contribution is 7.43. The summed E-state index contributed by atoms with van der Waals surface area (Å²) in [5.74, 6) is 0. The predicted octanol–water partition coefficient (Wildman–Crippen LogP) is 1.61. The van der Waals surface area contributed by atoms with Gasteiger partial charge < -0.3 is 45.7 Å². The first kappa shape index (κ1) is 49.1. The van der Waals surface area contributed by atoms with Crippen LogP contribution in [0.5, 0.6) is 0 Å². The molecule has 0 saturated carbocycles. The zero-order valence-corrected chi connectivity index (χ0v) is 28.6. The van der Waals surface area contributed by atoms with E-state index in [1.165, 1.54) is 0 Å². The Balaban J connectivity index is -0.000000730. The smallest absolute Gasteiger partial charge is 0.335 e. The van der Waals surface area contributed by atoms with Crippen LogP contribution in [0.2, 0.25) is 0 Å². The molecule has 0 aliphatic rings. The lowest BCUT2D eigenvalue weighted by molar-refractivity contribution is -0.0786. The van der Waals surface area contributed by atoms with E-state index in [1.54, 1.807) is 13.3 Å². The van der Waals surface area contributed by atoms with Gasteiger partial charge in [-0.15, -0.1) is 0 Å². The van der Waals surface area contributed by atoms with Crippen molar-refractivity contribution in [2.24, 2.45) is 5.16 Å². The third-order valence-corrected chi connectivity index (χ3v) is 7.63. The maximum Gasteiger partial charge on any atom is 0.335 e. The van der Waals surface area contributed by atoms with Crippen molar-refractivity contribution in [3.8, 4) is 0 Å². The first-order chi connectivity index (χ1) is 22.0. The van der Waals surface area contributed by atoms with E-state index >= 15 is 0 Å². The third-order valence-electron chi connectivity index (χ3n) is 5.85. The second-order valence-electron chi connectivity index (χ2n) is 9.59. The minimum atomic E-state index is -1.39. The zero-order chi connectivity index (χ0) is 35.3. The van der Waals surface area contributed by atoms with E-state index in [1.807, 2.05) is 60.7 Å². The highest BCUT2D eigenvalue weighted by Gasteiger charge is 2.27. The summed E-state index contributed by atoms with van der Waals surface area (Å²) < 4.78 is 21.9.